The number of unbranched alkanes of at least 4 members (excludes halogenated alkanes) is 7. The Balaban J connectivity index is 2.52. The third-order valence-corrected chi connectivity index (χ3v) is 10.8. The summed E-state index contributed by atoms with van der Waals surface area (Å²) in [5.74, 6) is -2.95. The van der Waals surface area contributed by atoms with Gasteiger partial charge in [0, 0.05) is 25.2 Å². The van der Waals surface area contributed by atoms with Crippen LogP contribution in [0.5, 0.6) is 0 Å². The Morgan fingerprint density at radius 1 is 0.763 bits per heavy atom. The smallest absolute Gasteiger partial charge is 0.472 e. The van der Waals surface area contributed by atoms with E-state index in [0.717, 1.165) is 70.6 Å². The molecule has 338 valence electrons. The zero-order chi connectivity index (χ0) is 43.7. The second-order valence-electron chi connectivity index (χ2n) is 15.1. The number of hydrogen-bond donors (Lipinski definition) is 6. The fourth-order valence-electron chi connectivity index (χ4n) is 6.44. The zero-order valence-electron chi connectivity index (χ0n) is 35.4. The van der Waals surface area contributed by atoms with E-state index in [1.165, 1.54) is 0 Å². The first-order valence-corrected chi connectivity index (χ1v) is 23.1. The van der Waals surface area contributed by atoms with E-state index < -0.39 is 76.0 Å². The summed E-state index contributed by atoms with van der Waals surface area (Å²) in [6.07, 6.45) is 30.8. The number of aliphatic carboxylic acids is 1. The van der Waals surface area contributed by atoms with Gasteiger partial charge in [-0.1, -0.05) is 113 Å². The number of hydrogen-bond acceptors (Lipinski definition) is 12. The number of rotatable bonds is 35. The minimum Gasteiger partial charge on any atom is -0.480 e. The number of carboxylic acid groups (broad SMARTS) is 1. The van der Waals surface area contributed by atoms with Gasteiger partial charge in [-0.15, -0.1) is 0 Å². The molecule has 15 heteroatoms. The van der Waals surface area contributed by atoms with Crippen LogP contribution < -0.4 is 5.73 Å². The van der Waals surface area contributed by atoms with E-state index in [1.54, 1.807) is 6.08 Å². The van der Waals surface area contributed by atoms with Crippen molar-refractivity contribution < 1.29 is 62.8 Å². The molecule has 1 unspecified atom stereocenters. The number of phosphoric ester groups is 1. The summed E-state index contributed by atoms with van der Waals surface area (Å²) >= 11 is 0. The minimum atomic E-state index is -4.78. The molecule has 0 aliphatic heterocycles. The van der Waals surface area contributed by atoms with E-state index in [-0.39, 0.29) is 24.7 Å². The largest absolute Gasteiger partial charge is 0.480 e. The Hall–Kier alpha value is -2.94. The Labute approximate surface area is 352 Å². The normalized spacial score (nSPS) is 21.2. The molecule has 0 amide bonds. The third kappa shape index (κ3) is 28.3. The van der Waals surface area contributed by atoms with Crippen LogP contribution >= 0.6 is 7.82 Å². The monoisotopic (exact) mass is 855 g/mol. The Bertz CT molecular complexity index is 1350. The van der Waals surface area contributed by atoms with E-state index in [1.807, 2.05) is 6.08 Å². The summed E-state index contributed by atoms with van der Waals surface area (Å²) in [5.41, 5.74) is 5.32. The number of carboxylic acids is 1. The highest BCUT2D eigenvalue weighted by Crippen LogP contribution is 2.43. The molecule has 0 heterocycles. The number of esters is 2. The van der Waals surface area contributed by atoms with Gasteiger partial charge < -0.3 is 40.5 Å². The van der Waals surface area contributed by atoms with Gasteiger partial charge in [0.2, 0.25) is 0 Å². The van der Waals surface area contributed by atoms with Crippen LogP contribution in [-0.2, 0) is 37.5 Å². The van der Waals surface area contributed by atoms with Crippen LogP contribution in [0, 0.1) is 11.8 Å². The molecule has 1 saturated carbocycles. The lowest BCUT2D eigenvalue weighted by molar-refractivity contribution is -0.161. The molecule has 1 aliphatic rings. The second-order valence-corrected chi connectivity index (χ2v) is 16.5. The molecule has 14 nitrogen and oxygen atoms in total. The highest BCUT2D eigenvalue weighted by atomic mass is 31.2. The number of ether oxygens (including phenoxy) is 2. The molecule has 0 spiro atoms. The van der Waals surface area contributed by atoms with Gasteiger partial charge in [-0.05, 0) is 70.1 Å². The van der Waals surface area contributed by atoms with Gasteiger partial charge in [-0.3, -0.25) is 23.4 Å². The van der Waals surface area contributed by atoms with Crippen molar-refractivity contribution in [3.8, 4) is 0 Å². The van der Waals surface area contributed by atoms with Gasteiger partial charge in [-0.25, -0.2) is 4.57 Å². The number of phosphoric acid groups is 1. The molecular weight excluding hydrogens is 781 g/mol. The number of aliphatic hydroxyl groups excluding tert-OH is 3. The molecule has 0 radical (unpaired) electrons. The first-order valence-electron chi connectivity index (χ1n) is 21.6. The second kappa shape index (κ2) is 33.7. The minimum absolute atomic E-state index is 0.0631. The predicted octanol–water partition coefficient (Wildman–Crippen LogP) is 7.55. The van der Waals surface area contributed by atoms with Crippen LogP contribution in [-0.4, -0.2) is 93.5 Å². The van der Waals surface area contributed by atoms with Gasteiger partial charge in [0.05, 0.1) is 31.5 Å². The first-order chi connectivity index (χ1) is 28.3. The van der Waals surface area contributed by atoms with Crippen LogP contribution in [0.15, 0.2) is 60.8 Å². The number of carbonyl (C=O) groups is 3. The summed E-state index contributed by atoms with van der Waals surface area (Å²) in [4.78, 5) is 46.1. The summed E-state index contributed by atoms with van der Waals surface area (Å²) in [5, 5.41) is 40.2. The van der Waals surface area contributed by atoms with Crippen LogP contribution in [0.1, 0.15) is 136 Å². The lowest BCUT2D eigenvalue weighted by Gasteiger charge is -2.21. The van der Waals surface area contributed by atoms with E-state index in [2.05, 4.69) is 67.0 Å². The van der Waals surface area contributed by atoms with Gasteiger partial charge in [-0.2, -0.15) is 0 Å². The molecular formula is C44H74NO13P. The van der Waals surface area contributed by atoms with Crippen molar-refractivity contribution in [3.05, 3.63) is 60.8 Å². The molecule has 0 aromatic heterocycles. The average molecular weight is 856 g/mol. The quantitative estimate of drug-likeness (QED) is 0.0156. The van der Waals surface area contributed by atoms with Gasteiger partial charge in [0.1, 0.15) is 12.6 Å². The van der Waals surface area contributed by atoms with E-state index >= 15 is 0 Å². The van der Waals surface area contributed by atoms with Gasteiger partial charge >= 0.3 is 25.7 Å². The summed E-state index contributed by atoms with van der Waals surface area (Å²) in [6, 6.07) is -1.56. The maximum absolute atomic E-state index is 12.6. The fourth-order valence-corrected chi connectivity index (χ4v) is 7.22. The lowest BCUT2D eigenvalue weighted by atomic mass is 9.88. The molecule has 0 bridgehead atoms. The molecule has 8 atom stereocenters. The Morgan fingerprint density at radius 3 is 2.03 bits per heavy atom. The number of nitrogens with two attached hydrogens (primary N) is 1. The van der Waals surface area contributed by atoms with Gasteiger partial charge in [0.25, 0.3) is 0 Å². The summed E-state index contributed by atoms with van der Waals surface area (Å²) < 4.78 is 32.6. The topological polar surface area (TPSA) is 232 Å². The Kier molecular flexibility index (Phi) is 30.9. The van der Waals surface area contributed by atoms with E-state index in [9.17, 15) is 39.2 Å². The maximum Gasteiger partial charge on any atom is 0.472 e. The highest BCUT2D eigenvalue weighted by molar-refractivity contribution is 7.47. The standard InChI is InChI=1S/C44H74NO13P/c1-3-5-7-8-9-10-11-12-13-14-15-16-17-18-24-28-43(50)58-36(33-56-59(53,54)57-34-39(45)44(51)52)32-55-42(49)27-23-20-19-22-26-37-38(41(48)31-40(37)47)30-29-35(46)25-21-6-4-2/h5,7,9-10,12-13,15-16,29-30,35-41,46-48H,3-4,6,8,11,14,17-28,31-34,45H2,1-2H3,(H,51,52)(H,53,54)/b7-5-,10-9-,13-12-,16-15-,30-29+/t35-,36+,37+,38+,39-,40-,41+/m0/s1. The van der Waals surface area contributed by atoms with Crippen molar-refractivity contribution >= 4 is 25.7 Å². The number of aliphatic hydroxyl groups is 3. The van der Waals surface area contributed by atoms with Crippen molar-refractivity contribution in [3.63, 3.8) is 0 Å². The molecule has 0 aromatic rings. The highest BCUT2D eigenvalue weighted by Gasteiger charge is 2.39. The van der Waals surface area contributed by atoms with Crippen molar-refractivity contribution in [2.24, 2.45) is 17.6 Å². The maximum atomic E-state index is 12.6. The zero-order valence-corrected chi connectivity index (χ0v) is 36.3. The molecule has 59 heavy (non-hydrogen) atoms. The molecule has 1 aliphatic carbocycles. The predicted molar refractivity (Wildman–Crippen MR) is 228 cm³/mol. The lowest BCUT2D eigenvalue weighted by Crippen LogP contribution is -2.34. The van der Waals surface area contributed by atoms with Crippen LogP contribution in [0.3, 0.4) is 0 Å². The first kappa shape index (κ1) is 54.1. The molecule has 1 rings (SSSR count). The van der Waals surface area contributed by atoms with Crippen molar-refractivity contribution in [1.82, 2.24) is 0 Å². The van der Waals surface area contributed by atoms with Crippen LogP contribution in [0.4, 0.5) is 0 Å². The molecule has 1 fully saturated rings. The third-order valence-electron chi connectivity index (χ3n) is 9.85. The number of allylic oxidation sites excluding steroid dienone is 8. The SMILES string of the molecule is CC/C=C\C/C=C\C/C=C\C/C=C\CCCCC(=O)O[C@H](COC(=O)CCCCCC[C@@H]1[C@@H](/C=C/[C@@H](O)CCCCC)[C@H](O)C[C@@H]1O)COP(=O)(O)OC[C@H](N)C(=O)O. The Morgan fingerprint density at radius 2 is 1.37 bits per heavy atom. The van der Waals surface area contributed by atoms with Crippen molar-refractivity contribution in [2.75, 3.05) is 19.8 Å². The van der Waals surface area contributed by atoms with Crippen molar-refractivity contribution in [1.29, 1.82) is 0 Å². The van der Waals surface area contributed by atoms with E-state index in [4.69, 9.17) is 24.8 Å². The van der Waals surface area contributed by atoms with Gasteiger partial charge in [0.15, 0.2) is 6.10 Å². The molecule has 7 N–H and O–H groups in total. The number of carbonyl (C=O) groups excluding carboxylic acids is 2. The molecule has 0 saturated heterocycles. The summed E-state index contributed by atoms with van der Waals surface area (Å²) in [6.45, 7) is 2.31. The van der Waals surface area contributed by atoms with Crippen LogP contribution in [0.2, 0.25) is 0 Å². The van der Waals surface area contributed by atoms with E-state index in [0.29, 0.717) is 38.5 Å². The average Bonchev–Trinajstić information content (AvgIpc) is 3.47. The summed E-state index contributed by atoms with van der Waals surface area (Å²) in [7, 11) is -4.78. The molecule has 0 aromatic carbocycles. The van der Waals surface area contributed by atoms with Crippen LogP contribution in [0.25, 0.3) is 0 Å². The fraction of sp³-hybridized carbons (Fsp3) is 0.705. The van der Waals surface area contributed by atoms with Crippen molar-refractivity contribution in [2.45, 2.75) is 166 Å².